The van der Waals surface area contributed by atoms with Gasteiger partial charge in [-0.25, -0.2) is 13.2 Å². The van der Waals surface area contributed by atoms with Gasteiger partial charge in [0.05, 0.1) is 5.56 Å². The highest BCUT2D eigenvalue weighted by atomic mass is 19.3. The Hall–Kier alpha value is -1.52. The lowest BCUT2D eigenvalue weighted by Gasteiger charge is -2.12. The van der Waals surface area contributed by atoms with Crippen molar-refractivity contribution >= 4 is 5.91 Å². The molecule has 0 atom stereocenters. The van der Waals surface area contributed by atoms with Crippen molar-refractivity contribution in [3.63, 3.8) is 0 Å². The molecule has 0 saturated heterocycles. The number of hydrogen-bond acceptors (Lipinski definition) is 1. The summed E-state index contributed by atoms with van der Waals surface area (Å²) in [5.41, 5.74) is 3.91. The molecule has 0 bridgehead atoms. The molecule has 0 heterocycles. The molecular weight excluding hydrogens is 195 g/mol. The quantitative estimate of drug-likeness (QED) is 0.785. The molecule has 1 aromatic rings. The van der Waals surface area contributed by atoms with Crippen molar-refractivity contribution in [2.24, 2.45) is 5.73 Å². The van der Waals surface area contributed by atoms with Crippen LogP contribution in [0.25, 0.3) is 0 Å². The van der Waals surface area contributed by atoms with Crippen LogP contribution in [0.1, 0.15) is 22.8 Å². The van der Waals surface area contributed by atoms with Crippen LogP contribution >= 0.6 is 0 Å². The van der Waals surface area contributed by atoms with E-state index in [1.807, 2.05) is 0 Å². The molecule has 14 heavy (non-hydrogen) atoms. The number of amides is 1. The number of rotatable bonds is 2. The van der Waals surface area contributed by atoms with E-state index in [1.165, 1.54) is 0 Å². The number of carbonyl (C=O) groups excluding carboxylic acids is 1. The second kappa shape index (κ2) is 3.32. The van der Waals surface area contributed by atoms with Gasteiger partial charge in [-0.2, -0.15) is 0 Å². The standard InChI is InChI=1S/C9H8F3NO/c1-9(11,12)6-4-5(8(13)14)2-3-7(6)10/h2-4H,1H3,(H2,13,14). The maximum atomic E-state index is 12.9. The van der Waals surface area contributed by atoms with Gasteiger partial charge in [-0.15, -0.1) is 0 Å². The number of alkyl halides is 2. The average molecular weight is 203 g/mol. The molecule has 0 spiro atoms. The number of carbonyl (C=O) groups is 1. The zero-order valence-electron chi connectivity index (χ0n) is 7.35. The van der Waals surface area contributed by atoms with Crippen molar-refractivity contribution in [2.75, 3.05) is 0 Å². The van der Waals surface area contributed by atoms with E-state index in [0.717, 1.165) is 18.2 Å². The van der Waals surface area contributed by atoms with Crippen LogP contribution in [-0.2, 0) is 5.92 Å². The number of halogens is 3. The van der Waals surface area contributed by atoms with Crippen molar-refractivity contribution in [1.29, 1.82) is 0 Å². The zero-order valence-corrected chi connectivity index (χ0v) is 7.35. The molecule has 0 radical (unpaired) electrons. The van der Waals surface area contributed by atoms with E-state index in [1.54, 1.807) is 0 Å². The van der Waals surface area contributed by atoms with Gasteiger partial charge in [-0.1, -0.05) is 0 Å². The Balaban J connectivity index is 3.29. The van der Waals surface area contributed by atoms with Crippen LogP contribution in [0.2, 0.25) is 0 Å². The van der Waals surface area contributed by atoms with Gasteiger partial charge in [0.2, 0.25) is 5.91 Å². The Morgan fingerprint density at radius 3 is 2.43 bits per heavy atom. The summed E-state index contributed by atoms with van der Waals surface area (Å²) in [7, 11) is 0. The minimum atomic E-state index is -3.32. The molecular formula is C9H8F3NO. The maximum Gasteiger partial charge on any atom is 0.273 e. The highest BCUT2D eigenvalue weighted by molar-refractivity contribution is 5.92. The highest BCUT2D eigenvalue weighted by Gasteiger charge is 2.28. The number of hydrogen-bond donors (Lipinski definition) is 1. The molecule has 1 rings (SSSR count). The molecule has 76 valence electrons. The first-order valence-electron chi connectivity index (χ1n) is 3.80. The van der Waals surface area contributed by atoms with E-state index >= 15 is 0 Å². The van der Waals surface area contributed by atoms with Crippen LogP contribution in [0, 0.1) is 5.82 Å². The lowest BCUT2D eigenvalue weighted by Crippen LogP contribution is -2.15. The lowest BCUT2D eigenvalue weighted by atomic mass is 10.1. The Morgan fingerprint density at radius 2 is 2.00 bits per heavy atom. The van der Waals surface area contributed by atoms with Gasteiger partial charge in [-0.3, -0.25) is 4.79 Å². The first kappa shape index (κ1) is 10.6. The zero-order chi connectivity index (χ0) is 10.9. The monoisotopic (exact) mass is 203 g/mol. The van der Waals surface area contributed by atoms with Gasteiger partial charge in [0.25, 0.3) is 5.92 Å². The molecule has 0 aliphatic carbocycles. The summed E-state index contributed by atoms with van der Waals surface area (Å²) in [6.45, 7) is 0.552. The molecule has 0 unspecified atom stereocenters. The summed E-state index contributed by atoms with van der Waals surface area (Å²) < 4.78 is 38.4. The Labute approximate surface area is 78.5 Å². The van der Waals surface area contributed by atoms with Crippen molar-refractivity contribution in [1.82, 2.24) is 0 Å². The molecule has 0 aliphatic heterocycles. The number of benzene rings is 1. The summed E-state index contributed by atoms with van der Waals surface area (Å²) >= 11 is 0. The minimum Gasteiger partial charge on any atom is -0.366 e. The predicted molar refractivity (Wildman–Crippen MR) is 44.5 cm³/mol. The van der Waals surface area contributed by atoms with E-state index < -0.39 is 23.2 Å². The molecule has 5 heteroatoms. The third-order valence-corrected chi connectivity index (χ3v) is 1.72. The smallest absolute Gasteiger partial charge is 0.273 e. The average Bonchev–Trinajstić information content (AvgIpc) is 2.02. The fourth-order valence-corrected chi connectivity index (χ4v) is 1.01. The minimum absolute atomic E-state index is 0.136. The number of primary amides is 1. The second-order valence-electron chi connectivity index (χ2n) is 2.95. The summed E-state index contributed by atoms with van der Waals surface area (Å²) in [5.74, 6) is -5.24. The third kappa shape index (κ3) is 2.04. The molecule has 1 amide bonds. The first-order valence-corrected chi connectivity index (χ1v) is 3.80. The maximum absolute atomic E-state index is 12.9. The van der Waals surface area contributed by atoms with Crippen LogP contribution in [0.15, 0.2) is 18.2 Å². The normalized spacial score (nSPS) is 11.4. The molecule has 0 aliphatic rings. The number of nitrogens with two attached hydrogens (primary N) is 1. The Kier molecular flexibility index (Phi) is 2.51. The summed E-state index contributed by atoms with van der Waals surface area (Å²) in [4.78, 5) is 10.6. The van der Waals surface area contributed by atoms with Gasteiger partial charge < -0.3 is 5.73 Å². The summed E-state index contributed by atoms with van der Waals surface area (Å²) in [6, 6.07) is 2.62. The molecule has 2 N–H and O–H groups in total. The molecule has 0 fully saturated rings. The first-order chi connectivity index (χ1) is 6.32. The van der Waals surface area contributed by atoms with E-state index in [-0.39, 0.29) is 5.56 Å². The summed E-state index contributed by atoms with van der Waals surface area (Å²) in [6.07, 6.45) is 0. The predicted octanol–water partition coefficient (Wildman–Crippen LogP) is 2.04. The van der Waals surface area contributed by atoms with E-state index in [2.05, 4.69) is 0 Å². The van der Waals surface area contributed by atoms with Gasteiger partial charge in [-0.05, 0) is 18.2 Å². The van der Waals surface area contributed by atoms with Gasteiger partial charge >= 0.3 is 0 Å². The molecule has 0 saturated carbocycles. The fraction of sp³-hybridized carbons (Fsp3) is 0.222. The largest absolute Gasteiger partial charge is 0.366 e. The van der Waals surface area contributed by atoms with E-state index in [4.69, 9.17) is 5.73 Å². The second-order valence-corrected chi connectivity index (χ2v) is 2.95. The van der Waals surface area contributed by atoms with Crippen molar-refractivity contribution in [3.8, 4) is 0 Å². The Morgan fingerprint density at radius 1 is 1.43 bits per heavy atom. The van der Waals surface area contributed by atoms with Crippen LogP contribution in [0.3, 0.4) is 0 Å². The van der Waals surface area contributed by atoms with Crippen LogP contribution in [-0.4, -0.2) is 5.91 Å². The van der Waals surface area contributed by atoms with E-state index in [0.29, 0.717) is 6.92 Å². The van der Waals surface area contributed by atoms with Gasteiger partial charge in [0.15, 0.2) is 0 Å². The molecule has 1 aromatic carbocycles. The summed E-state index contributed by atoms with van der Waals surface area (Å²) in [5, 5.41) is 0. The van der Waals surface area contributed by atoms with Crippen LogP contribution < -0.4 is 5.73 Å². The van der Waals surface area contributed by atoms with Gasteiger partial charge in [0.1, 0.15) is 5.82 Å². The van der Waals surface area contributed by atoms with Crippen LogP contribution in [0.5, 0.6) is 0 Å². The lowest BCUT2D eigenvalue weighted by molar-refractivity contribution is 0.0137. The topological polar surface area (TPSA) is 43.1 Å². The van der Waals surface area contributed by atoms with Crippen molar-refractivity contribution < 1.29 is 18.0 Å². The van der Waals surface area contributed by atoms with Crippen molar-refractivity contribution in [2.45, 2.75) is 12.8 Å². The fourth-order valence-electron chi connectivity index (χ4n) is 1.01. The molecule has 0 aromatic heterocycles. The van der Waals surface area contributed by atoms with Gasteiger partial charge in [0, 0.05) is 12.5 Å². The SMILES string of the molecule is CC(F)(F)c1cc(C(N)=O)ccc1F. The van der Waals surface area contributed by atoms with Crippen LogP contribution in [0.4, 0.5) is 13.2 Å². The third-order valence-electron chi connectivity index (χ3n) is 1.72. The highest BCUT2D eigenvalue weighted by Crippen LogP contribution is 2.29. The van der Waals surface area contributed by atoms with E-state index in [9.17, 15) is 18.0 Å². The Bertz CT molecular complexity index is 371. The molecule has 2 nitrogen and oxygen atoms in total. The van der Waals surface area contributed by atoms with Crippen molar-refractivity contribution in [3.05, 3.63) is 35.1 Å².